The van der Waals surface area contributed by atoms with E-state index in [2.05, 4.69) is 5.32 Å². The zero-order chi connectivity index (χ0) is 5.91. The van der Waals surface area contributed by atoms with E-state index in [1.54, 1.807) is 20.9 Å². The van der Waals surface area contributed by atoms with Gasteiger partial charge in [-0.3, -0.25) is 0 Å². The minimum absolute atomic E-state index is 0. The number of nitrogens with zero attached hydrogens (tertiary/aromatic N) is 1. The SMILES string of the molecule is C[N-]C(C)(C)C=O.[Rb+]. The standard InChI is InChI=1S/C5H10NO.Rb/c1-5(2,4-7)6-3;/h4H,1-3H3;/q-1;+1. The number of hydrogen-bond donors (Lipinski definition) is 0. The van der Waals surface area contributed by atoms with Gasteiger partial charge in [-0.2, -0.15) is 7.05 Å². The third-order valence-corrected chi connectivity index (χ3v) is 0.865. The maximum absolute atomic E-state index is 9.96. The van der Waals surface area contributed by atoms with Gasteiger partial charge in [0.25, 0.3) is 0 Å². The van der Waals surface area contributed by atoms with Gasteiger partial charge < -0.3 is 10.1 Å². The van der Waals surface area contributed by atoms with Crippen LogP contribution in [0, 0.1) is 0 Å². The fourth-order valence-electron chi connectivity index (χ4n) is 0.0527. The molecule has 0 spiro atoms. The first kappa shape index (κ1) is 12.1. The molecule has 0 N–H and O–H groups in total. The predicted octanol–water partition coefficient (Wildman–Crippen LogP) is -2.03. The molecule has 0 aliphatic carbocycles. The second-order valence-electron chi connectivity index (χ2n) is 2.00. The molecular formula is C5H10NORb. The van der Waals surface area contributed by atoms with Crippen LogP contribution in [-0.2, 0) is 4.79 Å². The summed E-state index contributed by atoms with van der Waals surface area (Å²) < 4.78 is 0. The van der Waals surface area contributed by atoms with Gasteiger partial charge in [-0.15, -0.1) is 0 Å². The number of rotatable bonds is 2. The molecule has 42 valence electrons. The van der Waals surface area contributed by atoms with Gasteiger partial charge in [0.2, 0.25) is 0 Å². The first-order valence-corrected chi connectivity index (χ1v) is 2.20. The summed E-state index contributed by atoms with van der Waals surface area (Å²) in [6, 6.07) is 0. The van der Waals surface area contributed by atoms with Crippen molar-refractivity contribution in [3.63, 3.8) is 0 Å². The molecule has 0 aromatic carbocycles. The van der Waals surface area contributed by atoms with Crippen molar-refractivity contribution in [2.24, 2.45) is 0 Å². The Labute approximate surface area is 99.2 Å². The van der Waals surface area contributed by atoms with Crippen molar-refractivity contribution in [2.45, 2.75) is 19.4 Å². The molecule has 0 heterocycles. The smallest absolute Gasteiger partial charge is 0.654 e. The predicted molar refractivity (Wildman–Crippen MR) is 29.4 cm³/mol. The molecule has 0 aliphatic heterocycles. The Kier molecular flexibility index (Phi) is 7.95. The Morgan fingerprint density at radius 3 is 1.88 bits per heavy atom. The largest absolute Gasteiger partial charge is 1.00 e. The van der Waals surface area contributed by atoms with Gasteiger partial charge >= 0.3 is 58.2 Å². The Balaban J connectivity index is 0. The van der Waals surface area contributed by atoms with Crippen LogP contribution in [0.2, 0.25) is 0 Å². The molecule has 0 saturated heterocycles. The molecular weight excluding hydrogens is 176 g/mol. The summed E-state index contributed by atoms with van der Waals surface area (Å²) in [6.07, 6.45) is 0.826. The van der Waals surface area contributed by atoms with Gasteiger partial charge in [-0.25, -0.2) is 0 Å². The van der Waals surface area contributed by atoms with E-state index in [0.29, 0.717) is 0 Å². The van der Waals surface area contributed by atoms with Crippen molar-refractivity contribution in [3.8, 4) is 0 Å². The van der Waals surface area contributed by atoms with E-state index in [4.69, 9.17) is 0 Å². The van der Waals surface area contributed by atoms with E-state index in [1.165, 1.54) is 0 Å². The number of carbonyl (C=O) groups is 1. The average Bonchev–Trinajstić information content (AvgIpc) is 1.68. The molecule has 0 fully saturated rings. The van der Waals surface area contributed by atoms with Crippen molar-refractivity contribution in [3.05, 3.63) is 5.32 Å². The summed E-state index contributed by atoms with van der Waals surface area (Å²) in [5.41, 5.74) is -0.472. The van der Waals surface area contributed by atoms with Gasteiger partial charge in [0, 0.05) is 0 Å². The van der Waals surface area contributed by atoms with E-state index < -0.39 is 5.54 Å². The third-order valence-electron chi connectivity index (χ3n) is 0.865. The van der Waals surface area contributed by atoms with Crippen LogP contribution in [0.1, 0.15) is 13.8 Å². The summed E-state index contributed by atoms with van der Waals surface area (Å²) in [5.74, 6) is 0. The van der Waals surface area contributed by atoms with Crippen molar-refractivity contribution in [2.75, 3.05) is 7.05 Å². The molecule has 2 nitrogen and oxygen atoms in total. The first-order chi connectivity index (χ1) is 3.12. The van der Waals surface area contributed by atoms with Crippen LogP contribution in [0.3, 0.4) is 0 Å². The number of aldehydes is 1. The van der Waals surface area contributed by atoms with Crippen LogP contribution in [0.15, 0.2) is 0 Å². The molecule has 0 radical (unpaired) electrons. The summed E-state index contributed by atoms with van der Waals surface area (Å²) >= 11 is 0. The average molecular weight is 186 g/mol. The molecule has 8 heavy (non-hydrogen) atoms. The molecule has 0 amide bonds. The van der Waals surface area contributed by atoms with E-state index in [1.807, 2.05) is 0 Å². The number of hydrogen-bond acceptors (Lipinski definition) is 1. The topological polar surface area (TPSA) is 31.2 Å². The van der Waals surface area contributed by atoms with Crippen molar-refractivity contribution in [1.82, 2.24) is 0 Å². The van der Waals surface area contributed by atoms with Gasteiger partial charge in [0.1, 0.15) is 6.29 Å². The van der Waals surface area contributed by atoms with Crippen LogP contribution >= 0.6 is 0 Å². The van der Waals surface area contributed by atoms with E-state index in [-0.39, 0.29) is 58.2 Å². The molecule has 0 saturated carbocycles. The molecule has 0 atom stereocenters. The molecule has 3 heteroatoms. The fraction of sp³-hybridized carbons (Fsp3) is 0.800. The van der Waals surface area contributed by atoms with Crippen LogP contribution in [-0.4, -0.2) is 18.9 Å². The monoisotopic (exact) mass is 185 g/mol. The quantitative estimate of drug-likeness (QED) is 0.457. The molecule has 0 aromatic rings. The Morgan fingerprint density at radius 1 is 1.50 bits per heavy atom. The summed E-state index contributed by atoms with van der Waals surface area (Å²) in [5, 5.41) is 3.77. The van der Waals surface area contributed by atoms with Gasteiger partial charge in [-0.05, 0) is 0 Å². The zero-order valence-electron chi connectivity index (χ0n) is 5.93. The third kappa shape index (κ3) is 5.57. The first-order valence-electron chi connectivity index (χ1n) is 2.20. The van der Waals surface area contributed by atoms with Crippen LogP contribution in [0.4, 0.5) is 0 Å². The maximum atomic E-state index is 9.96. The minimum Gasteiger partial charge on any atom is -0.654 e. The van der Waals surface area contributed by atoms with Gasteiger partial charge in [-0.1, -0.05) is 19.4 Å². The van der Waals surface area contributed by atoms with Crippen molar-refractivity contribution < 1.29 is 63.0 Å². The fourth-order valence-corrected chi connectivity index (χ4v) is 0.0527. The Bertz CT molecular complexity index is 72.8. The van der Waals surface area contributed by atoms with Crippen LogP contribution in [0.25, 0.3) is 5.32 Å². The van der Waals surface area contributed by atoms with Crippen LogP contribution in [0.5, 0.6) is 0 Å². The minimum atomic E-state index is -0.472. The second-order valence-corrected chi connectivity index (χ2v) is 2.00. The van der Waals surface area contributed by atoms with Crippen molar-refractivity contribution >= 4 is 6.29 Å². The molecule has 0 aliphatic rings. The maximum Gasteiger partial charge on any atom is 1.00 e. The van der Waals surface area contributed by atoms with Gasteiger partial charge in [0.05, 0.1) is 0 Å². The van der Waals surface area contributed by atoms with E-state index in [0.717, 1.165) is 6.29 Å². The molecule has 0 unspecified atom stereocenters. The van der Waals surface area contributed by atoms with Crippen molar-refractivity contribution in [1.29, 1.82) is 0 Å². The molecule has 0 rings (SSSR count). The molecule has 0 bridgehead atoms. The normalized spacial score (nSPS) is 9.88. The number of likely N-dealkylation sites (N-methyl/N-ethyl adjacent to an activating group) is 1. The van der Waals surface area contributed by atoms with E-state index >= 15 is 0 Å². The zero-order valence-corrected chi connectivity index (χ0v) is 10.8. The second kappa shape index (κ2) is 5.24. The Morgan fingerprint density at radius 2 is 1.88 bits per heavy atom. The number of carbonyl (C=O) groups excluding carboxylic acids is 1. The van der Waals surface area contributed by atoms with Crippen LogP contribution < -0.4 is 58.2 Å². The van der Waals surface area contributed by atoms with E-state index in [9.17, 15) is 4.79 Å². The Hall–Kier alpha value is 1.44. The summed E-state index contributed by atoms with van der Waals surface area (Å²) in [6.45, 7) is 3.53. The molecule has 0 aromatic heterocycles. The summed E-state index contributed by atoms with van der Waals surface area (Å²) in [7, 11) is 1.63. The summed E-state index contributed by atoms with van der Waals surface area (Å²) in [4.78, 5) is 9.96. The van der Waals surface area contributed by atoms with Gasteiger partial charge in [0.15, 0.2) is 0 Å².